The van der Waals surface area contributed by atoms with E-state index in [0.717, 1.165) is 11.3 Å². The van der Waals surface area contributed by atoms with Crippen molar-refractivity contribution in [2.45, 2.75) is 45.6 Å². The molecule has 3 N–H and O–H groups in total. The van der Waals surface area contributed by atoms with Gasteiger partial charge in [-0.2, -0.15) is 0 Å². The van der Waals surface area contributed by atoms with E-state index < -0.39 is 5.60 Å². The lowest BCUT2D eigenvalue weighted by atomic mass is 9.85. The van der Waals surface area contributed by atoms with Gasteiger partial charge in [-0.1, -0.05) is 13.8 Å². The number of amides is 2. The molecule has 2 heterocycles. The minimum Gasteiger partial charge on any atom is -0.466 e. The molecular weight excluding hydrogens is 318 g/mol. The average Bonchev–Trinajstić information content (AvgIpc) is 2.91. The fourth-order valence-corrected chi connectivity index (χ4v) is 2.78. The van der Waals surface area contributed by atoms with E-state index in [4.69, 9.17) is 4.42 Å². The van der Waals surface area contributed by atoms with Crippen LogP contribution >= 0.6 is 0 Å². The van der Waals surface area contributed by atoms with E-state index in [1.165, 1.54) is 0 Å². The molecule has 25 heavy (non-hydrogen) atoms. The Hall–Kier alpha value is -2.34. The molecule has 0 radical (unpaired) electrons. The van der Waals surface area contributed by atoms with Gasteiger partial charge < -0.3 is 20.2 Å². The summed E-state index contributed by atoms with van der Waals surface area (Å²) in [7, 11) is 0. The summed E-state index contributed by atoms with van der Waals surface area (Å²) in [5.74, 6) is 1.39. The molecule has 0 spiro atoms. The summed E-state index contributed by atoms with van der Waals surface area (Å²) >= 11 is 0. The largest absolute Gasteiger partial charge is 0.466 e. The molecule has 0 aromatic carbocycles. The SMILES string of the molecule is Cc1cc(C(C)(O)CNC(=O)NCC(C)(C)c2ccncc2)c(C)o1. The molecular formula is C19H27N3O3. The van der Waals surface area contributed by atoms with E-state index in [0.29, 0.717) is 17.9 Å². The Morgan fingerprint density at radius 3 is 2.32 bits per heavy atom. The Balaban J connectivity index is 1.89. The molecule has 0 aliphatic carbocycles. The normalized spacial score (nSPS) is 14.0. The van der Waals surface area contributed by atoms with E-state index in [1.807, 2.05) is 19.1 Å². The molecule has 6 nitrogen and oxygen atoms in total. The zero-order valence-electron chi connectivity index (χ0n) is 15.5. The van der Waals surface area contributed by atoms with Crippen molar-refractivity contribution < 1.29 is 14.3 Å². The standard InChI is InChI=1S/C19H27N3O3/c1-13-10-16(14(2)25-13)19(5,24)12-22-17(23)21-11-18(3,4)15-6-8-20-9-7-15/h6-10,24H,11-12H2,1-5H3,(H2,21,22,23). The van der Waals surface area contributed by atoms with Gasteiger partial charge in [0.2, 0.25) is 0 Å². The maximum absolute atomic E-state index is 12.1. The van der Waals surface area contributed by atoms with Gasteiger partial charge in [-0.25, -0.2) is 4.79 Å². The third kappa shape index (κ3) is 4.82. The minimum absolute atomic E-state index is 0.0916. The molecule has 1 atom stereocenters. The highest BCUT2D eigenvalue weighted by Gasteiger charge is 2.28. The molecule has 2 aromatic heterocycles. The van der Waals surface area contributed by atoms with Crippen molar-refractivity contribution in [2.24, 2.45) is 0 Å². The molecule has 0 saturated carbocycles. The van der Waals surface area contributed by atoms with Gasteiger partial charge in [0, 0.05) is 29.9 Å². The molecule has 2 amide bonds. The van der Waals surface area contributed by atoms with Gasteiger partial charge in [0.25, 0.3) is 0 Å². The number of pyridine rings is 1. The van der Waals surface area contributed by atoms with Crippen LogP contribution in [0.1, 0.15) is 43.4 Å². The first-order valence-electron chi connectivity index (χ1n) is 8.34. The summed E-state index contributed by atoms with van der Waals surface area (Å²) < 4.78 is 5.46. The maximum Gasteiger partial charge on any atom is 0.314 e. The second-order valence-electron chi connectivity index (χ2n) is 7.26. The van der Waals surface area contributed by atoms with Crippen LogP contribution in [-0.2, 0) is 11.0 Å². The van der Waals surface area contributed by atoms with Gasteiger partial charge in [0.1, 0.15) is 17.1 Å². The summed E-state index contributed by atoms with van der Waals surface area (Å²) in [6.45, 7) is 9.95. The molecule has 0 saturated heterocycles. The molecule has 136 valence electrons. The van der Waals surface area contributed by atoms with Crippen LogP contribution in [-0.4, -0.2) is 29.2 Å². The Labute approximate surface area is 148 Å². The van der Waals surface area contributed by atoms with Crippen LogP contribution in [0, 0.1) is 13.8 Å². The number of urea groups is 1. The van der Waals surface area contributed by atoms with E-state index in [9.17, 15) is 9.90 Å². The van der Waals surface area contributed by atoms with Crippen molar-refractivity contribution in [3.63, 3.8) is 0 Å². The third-order valence-electron chi connectivity index (χ3n) is 4.37. The quantitative estimate of drug-likeness (QED) is 0.751. The van der Waals surface area contributed by atoms with E-state index in [-0.39, 0.29) is 18.0 Å². The lowest BCUT2D eigenvalue weighted by molar-refractivity contribution is 0.0578. The predicted octanol–water partition coefficient (Wildman–Crippen LogP) is 2.78. The highest BCUT2D eigenvalue weighted by molar-refractivity contribution is 5.74. The zero-order chi connectivity index (χ0) is 18.7. The summed E-state index contributed by atoms with van der Waals surface area (Å²) in [5, 5.41) is 16.2. The Morgan fingerprint density at radius 1 is 1.16 bits per heavy atom. The zero-order valence-corrected chi connectivity index (χ0v) is 15.5. The van der Waals surface area contributed by atoms with Crippen LogP contribution in [0.4, 0.5) is 4.79 Å². The number of nitrogens with one attached hydrogen (secondary N) is 2. The molecule has 1 unspecified atom stereocenters. The number of nitrogens with zero attached hydrogens (tertiary/aromatic N) is 1. The number of rotatable bonds is 6. The number of aliphatic hydroxyl groups is 1. The number of hydrogen-bond donors (Lipinski definition) is 3. The van der Waals surface area contributed by atoms with Crippen molar-refractivity contribution in [1.29, 1.82) is 0 Å². The van der Waals surface area contributed by atoms with Crippen molar-refractivity contribution >= 4 is 6.03 Å². The lowest BCUT2D eigenvalue weighted by Gasteiger charge is -2.27. The maximum atomic E-state index is 12.1. The molecule has 0 aliphatic heterocycles. The van der Waals surface area contributed by atoms with Crippen molar-refractivity contribution in [2.75, 3.05) is 13.1 Å². The highest BCUT2D eigenvalue weighted by Crippen LogP contribution is 2.26. The van der Waals surface area contributed by atoms with Crippen molar-refractivity contribution in [1.82, 2.24) is 15.6 Å². The number of aryl methyl sites for hydroxylation is 2. The summed E-state index contributed by atoms with van der Waals surface area (Å²) in [5.41, 5.74) is 0.364. The fourth-order valence-electron chi connectivity index (χ4n) is 2.78. The van der Waals surface area contributed by atoms with Gasteiger partial charge in [-0.05, 0) is 44.5 Å². The molecule has 0 fully saturated rings. The number of carbonyl (C=O) groups is 1. The van der Waals surface area contributed by atoms with Crippen molar-refractivity contribution in [3.8, 4) is 0 Å². The average molecular weight is 345 g/mol. The van der Waals surface area contributed by atoms with Crippen LogP contribution in [0.5, 0.6) is 0 Å². The van der Waals surface area contributed by atoms with Gasteiger partial charge in [0.05, 0.1) is 6.54 Å². The first-order valence-corrected chi connectivity index (χ1v) is 8.34. The number of aromatic nitrogens is 1. The Bertz CT molecular complexity index is 721. The van der Waals surface area contributed by atoms with Crippen LogP contribution < -0.4 is 10.6 Å². The van der Waals surface area contributed by atoms with E-state index >= 15 is 0 Å². The van der Waals surface area contributed by atoms with Gasteiger partial charge in [0.15, 0.2) is 0 Å². The van der Waals surface area contributed by atoms with Crippen LogP contribution in [0.3, 0.4) is 0 Å². The Kier molecular flexibility index (Phi) is 5.52. The topological polar surface area (TPSA) is 87.4 Å². The first-order chi connectivity index (χ1) is 11.6. The summed E-state index contributed by atoms with van der Waals surface area (Å²) in [6.07, 6.45) is 3.48. The number of hydrogen-bond acceptors (Lipinski definition) is 4. The molecule has 0 aliphatic rings. The van der Waals surface area contributed by atoms with Gasteiger partial charge in [-0.3, -0.25) is 4.98 Å². The number of furan rings is 1. The van der Waals surface area contributed by atoms with Crippen LogP contribution in [0.15, 0.2) is 35.0 Å². The number of carbonyl (C=O) groups excluding carboxylic acids is 1. The third-order valence-corrected chi connectivity index (χ3v) is 4.37. The van der Waals surface area contributed by atoms with Crippen LogP contribution in [0.25, 0.3) is 0 Å². The minimum atomic E-state index is -1.19. The van der Waals surface area contributed by atoms with Gasteiger partial charge in [-0.15, -0.1) is 0 Å². The van der Waals surface area contributed by atoms with E-state index in [2.05, 4.69) is 29.5 Å². The molecule has 0 bridgehead atoms. The highest BCUT2D eigenvalue weighted by atomic mass is 16.3. The summed E-state index contributed by atoms with van der Waals surface area (Å²) in [4.78, 5) is 16.1. The fraction of sp³-hybridized carbons (Fsp3) is 0.474. The first kappa shape index (κ1) is 19.0. The lowest BCUT2D eigenvalue weighted by Crippen LogP contribution is -2.46. The van der Waals surface area contributed by atoms with Gasteiger partial charge >= 0.3 is 6.03 Å². The molecule has 6 heteroatoms. The van der Waals surface area contributed by atoms with Crippen LogP contribution in [0.2, 0.25) is 0 Å². The Morgan fingerprint density at radius 2 is 1.76 bits per heavy atom. The molecule has 2 rings (SSSR count). The second kappa shape index (κ2) is 7.27. The second-order valence-corrected chi connectivity index (χ2v) is 7.26. The monoisotopic (exact) mass is 345 g/mol. The summed E-state index contributed by atoms with van der Waals surface area (Å²) in [6, 6.07) is 5.35. The predicted molar refractivity (Wildman–Crippen MR) is 96.4 cm³/mol. The van der Waals surface area contributed by atoms with E-state index in [1.54, 1.807) is 32.3 Å². The van der Waals surface area contributed by atoms with Crippen molar-refractivity contribution in [3.05, 3.63) is 53.2 Å². The molecule has 2 aromatic rings. The smallest absolute Gasteiger partial charge is 0.314 e.